The number of aromatic nitrogens is 1. The highest BCUT2D eigenvalue weighted by atomic mass is 32.1. The minimum atomic E-state index is -1.00. The lowest BCUT2D eigenvalue weighted by Crippen LogP contribution is -2.57. The Morgan fingerprint density at radius 1 is 1.02 bits per heavy atom. The summed E-state index contributed by atoms with van der Waals surface area (Å²) in [5.41, 5.74) is 5.72. The minimum absolute atomic E-state index is 0.245. The third-order valence-electron chi connectivity index (χ3n) is 11.8. The van der Waals surface area contributed by atoms with Gasteiger partial charge < -0.3 is 34.1 Å². The number of carbonyl (C=O) groups is 2. The van der Waals surface area contributed by atoms with E-state index in [1.54, 1.807) is 40.9 Å². The zero-order valence-corrected chi connectivity index (χ0v) is 32.0. The van der Waals surface area contributed by atoms with Crippen LogP contribution in [0.25, 0.3) is 33.5 Å². The van der Waals surface area contributed by atoms with Crippen LogP contribution in [0.4, 0.5) is 0 Å². The van der Waals surface area contributed by atoms with E-state index in [-0.39, 0.29) is 30.1 Å². The van der Waals surface area contributed by atoms with Gasteiger partial charge in [-0.1, -0.05) is 32.1 Å². The molecule has 1 saturated heterocycles. The number of aliphatic hydroxyl groups is 2. The Labute approximate surface area is 314 Å². The number of methoxy groups -OCH3 is 1. The van der Waals surface area contributed by atoms with Crippen LogP contribution in [0.1, 0.15) is 44.6 Å². The van der Waals surface area contributed by atoms with Gasteiger partial charge in [0.05, 0.1) is 17.9 Å². The van der Waals surface area contributed by atoms with Crippen LogP contribution in [0, 0.1) is 29.6 Å². The SMILES string of the molecule is CO[C@H]1CC2C=C[C@H]3[C@H]4O[C@]2(/C(C)=C/[C@@H](C)[C@@H](C(C)O)OC1=O)[C@@H]3[C@H](O)[C@@H](C)[C@H]4OC(=O)c1[nH]c(-c2ccsc2)c(-c2ccsc2)c1-c1ccsc1. The molecule has 12 atom stereocenters. The maximum Gasteiger partial charge on any atom is 0.355 e. The first-order chi connectivity index (χ1) is 25.0. The Kier molecular flexibility index (Phi) is 9.47. The zero-order valence-electron chi connectivity index (χ0n) is 29.6. The maximum atomic E-state index is 14.6. The predicted octanol–water partition coefficient (Wildman–Crippen LogP) is 7.59. The first-order valence-corrected chi connectivity index (χ1v) is 20.6. The molecular weight excluding hydrogens is 719 g/mol. The Hall–Kier alpha value is -3.36. The molecule has 2 aliphatic heterocycles. The van der Waals surface area contributed by atoms with Gasteiger partial charge in [0.2, 0.25) is 0 Å². The smallest absolute Gasteiger partial charge is 0.355 e. The van der Waals surface area contributed by atoms with Crippen molar-refractivity contribution in [3.05, 3.63) is 80.0 Å². The molecule has 4 aromatic heterocycles. The average Bonchev–Trinajstić information content (AvgIpc) is 3.96. The van der Waals surface area contributed by atoms with E-state index in [9.17, 15) is 19.8 Å². The van der Waals surface area contributed by atoms with E-state index in [2.05, 4.69) is 34.0 Å². The molecule has 4 bridgehead atoms. The molecule has 2 aliphatic carbocycles. The monoisotopic (exact) mass is 761 g/mol. The Balaban J connectivity index is 1.20. The lowest BCUT2D eigenvalue weighted by Gasteiger charge is -2.48. The fourth-order valence-electron chi connectivity index (χ4n) is 9.35. The van der Waals surface area contributed by atoms with Crippen LogP contribution in [0.2, 0.25) is 0 Å². The molecular formula is C40H43NO8S3. The van der Waals surface area contributed by atoms with E-state index in [0.29, 0.717) is 5.69 Å². The predicted molar refractivity (Wildman–Crippen MR) is 202 cm³/mol. The van der Waals surface area contributed by atoms with Crippen molar-refractivity contribution in [2.24, 2.45) is 29.6 Å². The summed E-state index contributed by atoms with van der Waals surface area (Å²) in [6.07, 6.45) is 1.55. The molecule has 9 nitrogen and oxygen atoms in total. The highest BCUT2D eigenvalue weighted by Crippen LogP contribution is 2.61. The molecule has 4 aliphatic rings. The molecule has 0 amide bonds. The summed E-state index contributed by atoms with van der Waals surface area (Å²) < 4.78 is 25.2. The molecule has 0 aromatic carbocycles. The summed E-state index contributed by atoms with van der Waals surface area (Å²) in [4.78, 5) is 31.5. The Morgan fingerprint density at radius 2 is 1.67 bits per heavy atom. The van der Waals surface area contributed by atoms with E-state index in [4.69, 9.17) is 18.9 Å². The van der Waals surface area contributed by atoms with Crippen molar-refractivity contribution in [2.45, 2.75) is 76.3 Å². The number of ether oxygens (including phenoxy) is 4. The highest BCUT2D eigenvalue weighted by molar-refractivity contribution is 7.08. The van der Waals surface area contributed by atoms with Gasteiger partial charge in [-0.05, 0) is 82.1 Å². The van der Waals surface area contributed by atoms with Crippen LogP contribution in [0.15, 0.2) is 74.3 Å². The summed E-state index contributed by atoms with van der Waals surface area (Å²) in [6, 6.07) is 6.13. The quantitative estimate of drug-likeness (QED) is 0.130. The van der Waals surface area contributed by atoms with Crippen LogP contribution in [0.3, 0.4) is 0 Å². The molecule has 274 valence electrons. The molecule has 12 heteroatoms. The van der Waals surface area contributed by atoms with Crippen molar-refractivity contribution >= 4 is 45.9 Å². The van der Waals surface area contributed by atoms with Gasteiger partial charge in [-0.2, -0.15) is 34.0 Å². The van der Waals surface area contributed by atoms with Crippen LogP contribution in [0.5, 0.6) is 0 Å². The molecule has 3 N–H and O–H groups in total. The van der Waals surface area contributed by atoms with Crippen molar-refractivity contribution in [3.8, 4) is 33.5 Å². The number of hydrogen-bond acceptors (Lipinski definition) is 11. The average molecular weight is 762 g/mol. The van der Waals surface area contributed by atoms with E-state index in [0.717, 1.165) is 39.1 Å². The molecule has 1 spiro atoms. The van der Waals surface area contributed by atoms with Crippen molar-refractivity contribution in [3.63, 3.8) is 0 Å². The molecule has 1 saturated carbocycles. The second-order valence-electron chi connectivity index (χ2n) is 14.7. The van der Waals surface area contributed by atoms with Crippen molar-refractivity contribution in [1.29, 1.82) is 0 Å². The normalized spacial score (nSPS) is 35.7. The summed E-state index contributed by atoms with van der Waals surface area (Å²) in [7, 11) is 1.47. The maximum absolute atomic E-state index is 14.6. The third-order valence-corrected chi connectivity index (χ3v) is 13.8. The molecule has 6 heterocycles. The van der Waals surface area contributed by atoms with E-state index < -0.39 is 60.1 Å². The van der Waals surface area contributed by atoms with E-state index >= 15 is 0 Å². The van der Waals surface area contributed by atoms with Crippen LogP contribution in [-0.2, 0) is 23.7 Å². The molecule has 4 aromatic rings. The summed E-state index contributed by atoms with van der Waals surface area (Å²) in [5, 5.41) is 35.1. The number of thiophene rings is 3. The van der Waals surface area contributed by atoms with E-state index in [1.165, 1.54) is 7.11 Å². The van der Waals surface area contributed by atoms with Crippen molar-refractivity contribution in [2.75, 3.05) is 7.11 Å². The highest BCUT2D eigenvalue weighted by Gasteiger charge is 2.69. The number of rotatable bonds is 7. The molecule has 52 heavy (non-hydrogen) atoms. The number of esters is 2. The molecule has 8 rings (SSSR count). The van der Waals surface area contributed by atoms with Gasteiger partial charge in [0.15, 0.2) is 6.10 Å². The number of cyclic esters (lactones) is 1. The van der Waals surface area contributed by atoms with Crippen LogP contribution in [-0.4, -0.2) is 76.5 Å². The van der Waals surface area contributed by atoms with E-state index in [1.807, 2.05) is 60.5 Å². The number of H-pyrrole nitrogens is 1. The number of carbonyl (C=O) groups excluding carboxylic acids is 2. The Bertz CT molecular complexity index is 1980. The number of nitrogens with one attached hydrogen (secondary N) is 1. The van der Waals surface area contributed by atoms with Gasteiger partial charge in [0.25, 0.3) is 0 Å². The zero-order chi connectivity index (χ0) is 36.5. The van der Waals surface area contributed by atoms with Gasteiger partial charge in [-0.3, -0.25) is 0 Å². The third kappa shape index (κ3) is 5.61. The fraction of sp³-hybridized carbons (Fsp3) is 0.450. The summed E-state index contributed by atoms with van der Waals surface area (Å²) in [5.74, 6) is -2.82. The summed E-state index contributed by atoms with van der Waals surface area (Å²) in [6.45, 7) is 7.42. The standard InChI is InChI=1S/C40H43NO8S3/c1-19-14-20(2)40-26(15-28(46-5)38(44)47-35(19)22(4)42)6-7-27-31(40)34(43)21(3)36(37(27)49-40)48-39(45)33-30(24-9-12-51-17-24)29(23-8-11-50-16-23)32(41-33)25-10-13-52-18-25/h6-14,16-19,21-22,26-28,31,34-37,41-43H,15H2,1-5H3/b20-14+/t19-,21-,22?,26?,27-,28+,31+,34-,35+,36-,37-,40+/m1/s1. The van der Waals surface area contributed by atoms with Crippen LogP contribution < -0.4 is 0 Å². The van der Waals surface area contributed by atoms with Gasteiger partial charge in [-0.15, -0.1) is 0 Å². The van der Waals surface area contributed by atoms with Gasteiger partial charge in [-0.25, -0.2) is 9.59 Å². The van der Waals surface area contributed by atoms with Crippen molar-refractivity contribution < 1.29 is 38.7 Å². The Morgan fingerprint density at radius 3 is 2.29 bits per heavy atom. The molecule has 0 radical (unpaired) electrons. The number of aromatic amines is 1. The lowest BCUT2D eigenvalue weighted by molar-refractivity contribution is -0.172. The van der Waals surface area contributed by atoms with Crippen molar-refractivity contribution in [1.82, 2.24) is 4.98 Å². The van der Waals surface area contributed by atoms with Gasteiger partial charge >= 0.3 is 11.9 Å². The second kappa shape index (κ2) is 13.8. The second-order valence-corrected chi connectivity index (χ2v) is 17.0. The largest absolute Gasteiger partial charge is 0.457 e. The molecule has 2 unspecified atom stereocenters. The first kappa shape index (κ1) is 35.7. The van der Waals surface area contributed by atoms with Gasteiger partial charge in [0.1, 0.15) is 29.6 Å². The summed E-state index contributed by atoms with van der Waals surface area (Å²) >= 11 is 4.76. The fourth-order valence-corrected chi connectivity index (χ4v) is 11.3. The molecule has 2 fully saturated rings. The van der Waals surface area contributed by atoms with Crippen LogP contribution >= 0.6 is 34.0 Å². The number of hydrogen-bond donors (Lipinski definition) is 3. The lowest BCUT2D eigenvalue weighted by atomic mass is 9.57. The minimum Gasteiger partial charge on any atom is -0.457 e. The topological polar surface area (TPSA) is 127 Å². The van der Waals surface area contributed by atoms with Gasteiger partial charge in [0, 0.05) is 58.8 Å². The number of aliphatic hydroxyl groups excluding tert-OH is 2. The first-order valence-electron chi connectivity index (χ1n) is 17.7.